The van der Waals surface area contributed by atoms with Gasteiger partial charge in [0, 0.05) is 41.5 Å². The Morgan fingerprint density at radius 3 is 2.81 bits per heavy atom. The van der Waals surface area contributed by atoms with Crippen LogP contribution in [0.2, 0.25) is 0 Å². The zero-order valence-electron chi connectivity index (χ0n) is 15.2. The van der Waals surface area contributed by atoms with E-state index in [0.29, 0.717) is 0 Å². The minimum absolute atomic E-state index is 0.824. The van der Waals surface area contributed by atoms with Crippen molar-refractivity contribution in [3.05, 3.63) is 76.9 Å². The summed E-state index contributed by atoms with van der Waals surface area (Å²) in [7, 11) is 2.12. The minimum atomic E-state index is 0.824. The zero-order valence-corrected chi connectivity index (χ0v) is 16.8. The molecule has 0 atom stereocenters. The van der Waals surface area contributed by atoms with Gasteiger partial charge in [-0.3, -0.25) is 0 Å². The molecule has 0 unspecified atom stereocenters. The number of hydrogen-bond acceptors (Lipinski definition) is 4. The Balaban J connectivity index is 1.29. The topological polar surface area (TPSA) is 46.6 Å². The Morgan fingerprint density at radius 2 is 1.96 bits per heavy atom. The molecule has 6 heteroatoms. The van der Waals surface area contributed by atoms with Crippen LogP contribution in [0, 0.1) is 0 Å². The number of aromatic nitrogens is 3. The molecule has 27 heavy (non-hydrogen) atoms. The van der Waals surface area contributed by atoms with Crippen LogP contribution in [-0.4, -0.2) is 33.0 Å². The van der Waals surface area contributed by atoms with E-state index < -0.39 is 0 Å². The van der Waals surface area contributed by atoms with Crippen LogP contribution in [0.5, 0.6) is 0 Å². The Bertz CT molecular complexity index is 1030. The first-order valence-electron chi connectivity index (χ1n) is 9.00. The molecule has 0 aliphatic carbocycles. The van der Waals surface area contributed by atoms with E-state index in [-0.39, 0.29) is 0 Å². The van der Waals surface area contributed by atoms with Crippen LogP contribution >= 0.6 is 15.9 Å². The van der Waals surface area contributed by atoms with Gasteiger partial charge in [0.1, 0.15) is 17.1 Å². The predicted molar refractivity (Wildman–Crippen MR) is 109 cm³/mol. The van der Waals surface area contributed by atoms with E-state index in [9.17, 15) is 0 Å². The summed E-state index contributed by atoms with van der Waals surface area (Å²) in [6.45, 7) is 1.80. The maximum Gasteiger partial charge on any atom is 0.137 e. The molecular weight excluding hydrogens is 404 g/mol. The van der Waals surface area contributed by atoms with Crippen molar-refractivity contribution in [2.75, 3.05) is 13.6 Å². The van der Waals surface area contributed by atoms with Crippen LogP contribution in [0.3, 0.4) is 0 Å². The van der Waals surface area contributed by atoms with E-state index in [2.05, 4.69) is 44.2 Å². The predicted octanol–water partition coefficient (Wildman–Crippen LogP) is 4.82. The molecule has 0 fully saturated rings. The highest BCUT2D eigenvalue weighted by atomic mass is 79.9. The van der Waals surface area contributed by atoms with Crippen molar-refractivity contribution >= 4 is 21.6 Å². The monoisotopic (exact) mass is 424 g/mol. The molecule has 5 nitrogen and oxygen atoms in total. The first-order valence-corrected chi connectivity index (χ1v) is 9.79. The SMILES string of the molecule is CN(CCCc1cc(-c2ccccc2)no1)Cc1cn2cc(Br)ccc2n1. The molecule has 3 heterocycles. The van der Waals surface area contributed by atoms with Crippen molar-refractivity contribution in [3.8, 4) is 11.3 Å². The summed E-state index contributed by atoms with van der Waals surface area (Å²) in [5, 5.41) is 4.18. The van der Waals surface area contributed by atoms with Crippen molar-refractivity contribution in [1.82, 2.24) is 19.4 Å². The fourth-order valence-electron chi connectivity index (χ4n) is 3.15. The molecule has 0 N–H and O–H groups in total. The van der Waals surface area contributed by atoms with Gasteiger partial charge in [0.25, 0.3) is 0 Å². The number of benzene rings is 1. The molecule has 0 saturated heterocycles. The van der Waals surface area contributed by atoms with Gasteiger partial charge in [-0.1, -0.05) is 35.5 Å². The zero-order chi connectivity index (χ0) is 18.6. The van der Waals surface area contributed by atoms with Crippen molar-refractivity contribution < 1.29 is 4.52 Å². The van der Waals surface area contributed by atoms with Gasteiger partial charge in [-0.25, -0.2) is 4.98 Å². The Labute approximate surface area is 166 Å². The largest absolute Gasteiger partial charge is 0.361 e. The lowest BCUT2D eigenvalue weighted by molar-refractivity contribution is 0.309. The summed E-state index contributed by atoms with van der Waals surface area (Å²) in [5.74, 6) is 0.930. The van der Waals surface area contributed by atoms with Gasteiger partial charge < -0.3 is 13.8 Å². The molecule has 0 aliphatic rings. The smallest absolute Gasteiger partial charge is 0.137 e. The maximum atomic E-state index is 5.48. The molecule has 138 valence electrons. The van der Waals surface area contributed by atoms with Crippen molar-refractivity contribution in [1.29, 1.82) is 0 Å². The molecule has 0 aliphatic heterocycles. The number of rotatable bonds is 7. The van der Waals surface area contributed by atoms with Crippen LogP contribution in [0.1, 0.15) is 17.9 Å². The average molecular weight is 425 g/mol. The van der Waals surface area contributed by atoms with Gasteiger partial charge >= 0.3 is 0 Å². The van der Waals surface area contributed by atoms with Gasteiger partial charge in [-0.15, -0.1) is 0 Å². The Kier molecular flexibility index (Phi) is 5.36. The molecule has 3 aromatic heterocycles. The molecule has 4 aromatic rings. The average Bonchev–Trinajstić information content (AvgIpc) is 3.28. The normalized spacial score (nSPS) is 11.5. The standard InChI is InChI=1S/C21H21BrN4O/c1-25(14-18-15-26-13-17(22)9-10-21(26)23-18)11-5-8-19-12-20(24-27-19)16-6-3-2-4-7-16/h2-4,6-7,9-10,12-13,15H,5,8,11,14H2,1H3. The van der Waals surface area contributed by atoms with Crippen molar-refractivity contribution in [2.45, 2.75) is 19.4 Å². The van der Waals surface area contributed by atoms with E-state index in [0.717, 1.165) is 58.8 Å². The van der Waals surface area contributed by atoms with E-state index >= 15 is 0 Å². The molecular formula is C21H21BrN4O. The molecule has 4 rings (SSSR count). The lowest BCUT2D eigenvalue weighted by Gasteiger charge is -2.14. The highest BCUT2D eigenvalue weighted by Gasteiger charge is 2.08. The quantitative estimate of drug-likeness (QED) is 0.426. The molecule has 1 aromatic carbocycles. The summed E-state index contributed by atoms with van der Waals surface area (Å²) in [5.41, 5.74) is 4.02. The third-order valence-corrected chi connectivity index (χ3v) is 4.96. The molecule has 0 amide bonds. The Morgan fingerprint density at radius 1 is 1.11 bits per heavy atom. The number of fused-ring (bicyclic) bond motifs is 1. The molecule has 0 radical (unpaired) electrons. The fraction of sp³-hybridized carbons (Fsp3) is 0.238. The van der Waals surface area contributed by atoms with Crippen LogP contribution in [0.15, 0.2) is 69.9 Å². The highest BCUT2D eigenvalue weighted by Crippen LogP contribution is 2.19. The molecule has 0 spiro atoms. The first-order chi connectivity index (χ1) is 13.2. The Hall–Kier alpha value is -2.44. The van der Waals surface area contributed by atoms with E-state index in [1.807, 2.05) is 59.1 Å². The van der Waals surface area contributed by atoms with Crippen molar-refractivity contribution in [3.63, 3.8) is 0 Å². The summed E-state index contributed by atoms with van der Waals surface area (Å²) >= 11 is 3.49. The third kappa shape index (κ3) is 4.46. The second-order valence-electron chi connectivity index (χ2n) is 6.73. The van der Waals surface area contributed by atoms with Gasteiger partial charge in [-0.2, -0.15) is 0 Å². The van der Waals surface area contributed by atoms with Crippen LogP contribution in [0.25, 0.3) is 16.9 Å². The fourth-order valence-corrected chi connectivity index (χ4v) is 3.50. The lowest BCUT2D eigenvalue weighted by Crippen LogP contribution is -2.19. The number of aryl methyl sites for hydroxylation is 1. The summed E-state index contributed by atoms with van der Waals surface area (Å²) in [4.78, 5) is 6.95. The number of halogens is 1. The lowest BCUT2D eigenvalue weighted by atomic mass is 10.1. The molecule has 0 saturated carbocycles. The van der Waals surface area contributed by atoms with Crippen LogP contribution in [-0.2, 0) is 13.0 Å². The van der Waals surface area contributed by atoms with E-state index in [4.69, 9.17) is 4.52 Å². The van der Waals surface area contributed by atoms with E-state index in [1.165, 1.54) is 0 Å². The number of hydrogen-bond donors (Lipinski definition) is 0. The summed E-state index contributed by atoms with van der Waals surface area (Å²) < 4.78 is 8.58. The van der Waals surface area contributed by atoms with Gasteiger partial charge in [0.05, 0.1) is 5.69 Å². The highest BCUT2D eigenvalue weighted by molar-refractivity contribution is 9.10. The molecule has 0 bridgehead atoms. The summed E-state index contributed by atoms with van der Waals surface area (Å²) in [6.07, 6.45) is 6.00. The van der Waals surface area contributed by atoms with Gasteiger partial charge in [0.2, 0.25) is 0 Å². The number of nitrogens with zero attached hydrogens (tertiary/aromatic N) is 4. The van der Waals surface area contributed by atoms with Gasteiger partial charge in [0.15, 0.2) is 0 Å². The van der Waals surface area contributed by atoms with Crippen molar-refractivity contribution in [2.24, 2.45) is 0 Å². The first kappa shape index (κ1) is 17.9. The maximum absolute atomic E-state index is 5.48. The van der Waals surface area contributed by atoms with Gasteiger partial charge in [-0.05, 0) is 48.1 Å². The number of pyridine rings is 1. The van der Waals surface area contributed by atoms with Crippen LogP contribution < -0.4 is 0 Å². The summed E-state index contributed by atoms with van der Waals surface area (Å²) in [6, 6.07) is 16.2. The second-order valence-corrected chi connectivity index (χ2v) is 7.65. The van der Waals surface area contributed by atoms with Crippen LogP contribution in [0.4, 0.5) is 0 Å². The minimum Gasteiger partial charge on any atom is -0.361 e. The third-order valence-electron chi connectivity index (χ3n) is 4.49. The number of imidazole rings is 1. The second kappa shape index (κ2) is 8.06. The van der Waals surface area contributed by atoms with E-state index in [1.54, 1.807) is 0 Å².